The summed E-state index contributed by atoms with van der Waals surface area (Å²) in [5.41, 5.74) is 8.81. The van der Waals surface area contributed by atoms with Gasteiger partial charge in [-0.25, -0.2) is 9.78 Å². The fourth-order valence-corrected chi connectivity index (χ4v) is 3.93. The second-order valence-electron chi connectivity index (χ2n) is 7.78. The highest BCUT2D eigenvalue weighted by Crippen LogP contribution is 2.18. The standard InChI is InChI=1S/C25H21N5O3/c1-33-24(32)19-10-6-16(7-11-19)14-30-23(31)21-22(28-25(30)26)27-15-29(21)13-17-8-9-18-4-2-3-5-20(18)12-17/h2-12,15H,13-14H2,1H3,(H2,26,28). The molecule has 5 aromatic rings. The smallest absolute Gasteiger partial charge is 0.337 e. The zero-order valence-electron chi connectivity index (χ0n) is 17.9. The van der Waals surface area contributed by atoms with Crippen molar-refractivity contribution in [3.05, 3.63) is 100 Å². The Balaban J connectivity index is 1.50. The Kier molecular flexibility index (Phi) is 5.10. The van der Waals surface area contributed by atoms with E-state index in [-0.39, 0.29) is 18.1 Å². The van der Waals surface area contributed by atoms with Crippen molar-refractivity contribution in [1.82, 2.24) is 19.1 Å². The third kappa shape index (κ3) is 3.82. The Morgan fingerprint density at radius 2 is 1.70 bits per heavy atom. The van der Waals surface area contributed by atoms with Gasteiger partial charge in [-0.15, -0.1) is 0 Å². The molecule has 0 amide bonds. The van der Waals surface area contributed by atoms with Crippen molar-refractivity contribution >= 4 is 33.9 Å². The van der Waals surface area contributed by atoms with E-state index in [4.69, 9.17) is 10.5 Å². The van der Waals surface area contributed by atoms with Crippen LogP contribution in [0.5, 0.6) is 0 Å². The number of nitrogens with two attached hydrogens (primary N) is 1. The van der Waals surface area contributed by atoms with Crippen molar-refractivity contribution in [2.75, 3.05) is 12.8 Å². The molecule has 8 heteroatoms. The Hall–Kier alpha value is -4.46. The van der Waals surface area contributed by atoms with Gasteiger partial charge in [-0.2, -0.15) is 4.98 Å². The molecule has 5 rings (SSSR count). The summed E-state index contributed by atoms with van der Waals surface area (Å²) in [6.45, 7) is 0.701. The Morgan fingerprint density at radius 3 is 2.45 bits per heavy atom. The number of hydrogen-bond donors (Lipinski definition) is 1. The summed E-state index contributed by atoms with van der Waals surface area (Å²) in [4.78, 5) is 33.7. The number of methoxy groups -OCH3 is 1. The van der Waals surface area contributed by atoms with E-state index in [2.05, 4.69) is 34.2 Å². The van der Waals surface area contributed by atoms with Crippen LogP contribution >= 0.6 is 0 Å². The van der Waals surface area contributed by atoms with Crippen molar-refractivity contribution in [3.8, 4) is 0 Å². The zero-order valence-corrected chi connectivity index (χ0v) is 17.9. The van der Waals surface area contributed by atoms with Crippen molar-refractivity contribution in [2.45, 2.75) is 13.1 Å². The molecule has 2 aromatic heterocycles. The van der Waals surface area contributed by atoms with Gasteiger partial charge < -0.3 is 15.0 Å². The SMILES string of the molecule is COC(=O)c1ccc(Cn2c(N)nc3ncn(Cc4ccc5ccccc5c4)c3c2=O)cc1. The number of anilines is 1. The molecule has 164 valence electrons. The van der Waals surface area contributed by atoms with Crippen LogP contribution in [-0.4, -0.2) is 32.2 Å². The molecule has 0 bridgehead atoms. The van der Waals surface area contributed by atoms with Crippen molar-refractivity contribution < 1.29 is 9.53 Å². The second kappa shape index (κ2) is 8.23. The van der Waals surface area contributed by atoms with Gasteiger partial charge in [0, 0.05) is 6.54 Å². The quantitative estimate of drug-likeness (QED) is 0.422. The summed E-state index contributed by atoms with van der Waals surface area (Å²) < 4.78 is 7.93. The Bertz CT molecular complexity index is 1550. The molecule has 0 aliphatic heterocycles. The second-order valence-corrected chi connectivity index (χ2v) is 7.78. The molecule has 0 aliphatic rings. The lowest BCUT2D eigenvalue weighted by Gasteiger charge is -2.11. The fraction of sp³-hybridized carbons (Fsp3) is 0.120. The molecule has 2 N–H and O–H groups in total. The Labute approximate surface area is 188 Å². The maximum atomic E-state index is 13.4. The van der Waals surface area contributed by atoms with E-state index in [0.29, 0.717) is 23.3 Å². The molecule has 0 fully saturated rings. The lowest BCUT2D eigenvalue weighted by molar-refractivity contribution is 0.0600. The van der Waals surface area contributed by atoms with Gasteiger partial charge in [-0.3, -0.25) is 9.36 Å². The van der Waals surface area contributed by atoms with Gasteiger partial charge in [0.1, 0.15) is 0 Å². The molecular formula is C25H21N5O3. The number of hydrogen-bond acceptors (Lipinski definition) is 6. The lowest BCUT2D eigenvalue weighted by atomic mass is 10.1. The third-order valence-corrected chi connectivity index (χ3v) is 5.65. The molecule has 0 saturated heterocycles. The molecule has 2 heterocycles. The molecule has 0 aliphatic carbocycles. The maximum Gasteiger partial charge on any atom is 0.337 e. The number of benzene rings is 3. The molecule has 0 spiro atoms. The summed E-state index contributed by atoms with van der Waals surface area (Å²) in [6.07, 6.45) is 1.61. The first-order chi connectivity index (χ1) is 16.0. The summed E-state index contributed by atoms with van der Waals surface area (Å²) in [6, 6.07) is 21.2. The normalized spacial score (nSPS) is 11.2. The average molecular weight is 439 g/mol. The minimum Gasteiger partial charge on any atom is -0.465 e. The van der Waals surface area contributed by atoms with Crippen LogP contribution in [0.3, 0.4) is 0 Å². The Morgan fingerprint density at radius 1 is 0.970 bits per heavy atom. The lowest BCUT2D eigenvalue weighted by Crippen LogP contribution is -2.26. The number of carbonyl (C=O) groups excluding carboxylic acids is 1. The van der Waals surface area contributed by atoms with Crippen LogP contribution in [0.1, 0.15) is 21.5 Å². The first-order valence-electron chi connectivity index (χ1n) is 10.4. The first kappa shape index (κ1) is 20.4. The van der Waals surface area contributed by atoms with E-state index in [1.54, 1.807) is 35.2 Å². The van der Waals surface area contributed by atoms with Gasteiger partial charge >= 0.3 is 5.97 Å². The number of nitrogens with zero attached hydrogens (tertiary/aromatic N) is 4. The highest BCUT2D eigenvalue weighted by Gasteiger charge is 2.15. The number of fused-ring (bicyclic) bond motifs is 2. The van der Waals surface area contributed by atoms with Gasteiger partial charge in [0.05, 0.1) is 25.5 Å². The highest BCUT2D eigenvalue weighted by molar-refractivity contribution is 5.89. The summed E-state index contributed by atoms with van der Waals surface area (Å²) in [5, 5.41) is 2.29. The average Bonchev–Trinajstić information content (AvgIpc) is 3.23. The fourth-order valence-electron chi connectivity index (χ4n) is 3.93. The molecule has 0 saturated carbocycles. The molecule has 33 heavy (non-hydrogen) atoms. The van der Waals surface area contributed by atoms with E-state index < -0.39 is 5.97 Å². The van der Waals surface area contributed by atoms with Crippen molar-refractivity contribution in [2.24, 2.45) is 0 Å². The summed E-state index contributed by atoms with van der Waals surface area (Å²) >= 11 is 0. The minimum absolute atomic E-state index is 0.0838. The number of imidazole rings is 1. The number of nitrogen functional groups attached to an aromatic ring is 1. The molecule has 3 aromatic carbocycles. The van der Waals surface area contributed by atoms with Gasteiger partial charge in [-0.1, -0.05) is 48.5 Å². The van der Waals surface area contributed by atoms with E-state index in [1.807, 2.05) is 18.2 Å². The minimum atomic E-state index is -0.418. The molecule has 0 radical (unpaired) electrons. The zero-order chi connectivity index (χ0) is 22.9. The molecule has 8 nitrogen and oxygen atoms in total. The van der Waals surface area contributed by atoms with Gasteiger partial charge in [0.2, 0.25) is 5.95 Å². The van der Waals surface area contributed by atoms with Crippen LogP contribution in [0.15, 0.2) is 77.9 Å². The predicted octanol–water partition coefficient (Wildman–Crippen LogP) is 3.21. The largest absolute Gasteiger partial charge is 0.465 e. The molecule has 0 atom stereocenters. The van der Waals surface area contributed by atoms with Crippen molar-refractivity contribution in [1.29, 1.82) is 0 Å². The van der Waals surface area contributed by atoms with Crippen LogP contribution in [0.2, 0.25) is 0 Å². The van der Waals surface area contributed by atoms with Gasteiger partial charge in [0.25, 0.3) is 5.56 Å². The number of esters is 1. The highest BCUT2D eigenvalue weighted by atomic mass is 16.5. The van der Waals surface area contributed by atoms with Crippen LogP contribution < -0.4 is 11.3 Å². The first-order valence-corrected chi connectivity index (χ1v) is 10.4. The summed E-state index contributed by atoms with van der Waals surface area (Å²) in [5.74, 6) is -0.334. The van der Waals surface area contributed by atoms with E-state index >= 15 is 0 Å². The van der Waals surface area contributed by atoms with Crippen LogP contribution in [0.4, 0.5) is 5.95 Å². The number of rotatable bonds is 5. The van der Waals surface area contributed by atoms with Gasteiger partial charge in [-0.05, 0) is 40.1 Å². The van der Waals surface area contributed by atoms with Gasteiger partial charge in [0.15, 0.2) is 11.2 Å². The van der Waals surface area contributed by atoms with E-state index in [9.17, 15) is 9.59 Å². The van der Waals surface area contributed by atoms with E-state index in [1.165, 1.54) is 11.7 Å². The van der Waals surface area contributed by atoms with Crippen molar-refractivity contribution in [3.63, 3.8) is 0 Å². The maximum absolute atomic E-state index is 13.4. The van der Waals surface area contributed by atoms with Crippen LogP contribution in [0.25, 0.3) is 21.9 Å². The predicted molar refractivity (Wildman–Crippen MR) is 126 cm³/mol. The number of aromatic nitrogens is 4. The number of ether oxygens (including phenoxy) is 1. The number of carbonyl (C=O) groups is 1. The van der Waals surface area contributed by atoms with Crippen LogP contribution in [-0.2, 0) is 17.8 Å². The van der Waals surface area contributed by atoms with Crippen LogP contribution in [0, 0.1) is 0 Å². The molecule has 0 unspecified atom stereocenters. The third-order valence-electron chi connectivity index (χ3n) is 5.65. The molecular weight excluding hydrogens is 418 g/mol. The monoisotopic (exact) mass is 439 g/mol. The summed E-state index contributed by atoms with van der Waals surface area (Å²) in [7, 11) is 1.33. The topological polar surface area (TPSA) is 105 Å². The van der Waals surface area contributed by atoms with E-state index in [0.717, 1.165) is 21.9 Å².